The Bertz CT molecular complexity index is 441. The van der Waals surface area contributed by atoms with Gasteiger partial charge in [-0.1, -0.05) is 0 Å². The summed E-state index contributed by atoms with van der Waals surface area (Å²) in [5.74, 6) is 1.36. The van der Waals surface area contributed by atoms with Crippen LogP contribution < -0.4 is 10.5 Å². The monoisotopic (exact) mass is 292 g/mol. The first-order chi connectivity index (χ1) is 10.2. The quantitative estimate of drug-likeness (QED) is 0.780. The first kappa shape index (κ1) is 15.6. The molecule has 1 aliphatic rings. The van der Waals surface area contributed by atoms with Crippen molar-refractivity contribution in [1.82, 2.24) is 4.90 Å². The van der Waals surface area contributed by atoms with Crippen LogP contribution in [0.3, 0.4) is 0 Å². The number of hydrogen-bond acceptors (Lipinski definition) is 4. The second-order valence-electron chi connectivity index (χ2n) is 5.33. The summed E-state index contributed by atoms with van der Waals surface area (Å²) < 4.78 is 10.9. The van der Waals surface area contributed by atoms with Gasteiger partial charge in [-0.2, -0.15) is 0 Å². The van der Waals surface area contributed by atoms with Crippen LogP contribution in [0.15, 0.2) is 24.3 Å². The predicted octanol–water partition coefficient (Wildman–Crippen LogP) is 1.92. The number of hydrogen-bond donors (Lipinski definition) is 1. The zero-order valence-electron chi connectivity index (χ0n) is 12.6. The van der Waals surface area contributed by atoms with E-state index in [4.69, 9.17) is 15.2 Å². The summed E-state index contributed by atoms with van der Waals surface area (Å²) in [6, 6.07) is 7.20. The largest absolute Gasteiger partial charge is 0.493 e. The van der Waals surface area contributed by atoms with Gasteiger partial charge in [0.2, 0.25) is 5.91 Å². The second-order valence-corrected chi connectivity index (χ2v) is 5.33. The number of nitrogens with zero attached hydrogens (tertiary/aromatic N) is 1. The van der Waals surface area contributed by atoms with E-state index < -0.39 is 0 Å². The Labute approximate surface area is 126 Å². The number of carbonyl (C=O) groups excluding carboxylic acids is 1. The van der Waals surface area contributed by atoms with Gasteiger partial charge in [-0.3, -0.25) is 4.79 Å². The van der Waals surface area contributed by atoms with Crippen molar-refractivity contribution in [1.29, 1.82) is 0 Å². The third-order valence-corrected chi connectivity index (χ3v) is 3.70. The summed E-state index contributed by atoms with van der Waals surface area (Å²) in [6.45, 7) is 5.51. The van der Waals surface area contributed by atoms with Gasteiger partial charge in [0.25, 0.3) is 0 Å². The Morgan fingerprint density at radius 2 is 2.19 bits per heavy atom. The molecule has 0 aliphatic carbocycles. The molecule has 2 rings (SSSR count). The standard InChI is InChI=1S/C16H24N2O3/c1-2-18(11-13-7-9-20-12-13)16(19)8-10-21-15-5-3-14(17)4-6-15/h3-6,13H,2,7-12,17H2,1H3. The van der Waals surface area contributed by atoms with Crippen molar-refractivity contribution in [3.05, 3.63) is 24.3 Å². The Hall–Kier alpha value is -1.75. The zero-order chi connectivity index (χ0) is 15.1. The average molecular weight is 292 g/mol. The highest BCUT2D eigenvalue weighted by Gasteiger charge is 2.21. The fraction of sp³-hybridized carbons (Fsp3) is 0.562. The van der Waals surface area contributed by atoms with Gasteiger partial charge in [0.05, 0.1) is 19.6 Å². The number of rotatable bonds is 7. The number of anilines is 1. The van der Waals surface area contributed by atoms with Crippen LogP contribution in [0.4, 0.5) is 5.69 Å². The lowest BCUT2D eigenvalue weighted by Gasteiger charge is -2.23. The molecule has 0 aromatic heterocycles. The van der Waals surface area contributed by atoms with Crippen molar-refractivity contribution in [3.8, 4) is 5.75 Å². The molecule has 0 spiro atoms. The molecule has 5 heteroatoms. The Morgan fingerprint density at radius 1 is 1.43 bits per heavy atom. The van der Waals surface area contributed by atoms with Crippen molar-refractivity contribution in [2.24, 2.45) is 5.92 Å². The highest BCUT2D eigenvalue weighted by molar-refractivity contribution is 5.76. The van der Waals surface area contributed by atoms with E-state index in [9.17, 15) is 4.79 Å². The number of benzene rings is 1. The van der Waals surface area contributed by atoms with Crippen LogP contribution in [0.5, 0.6) is 5.75 Å². The summed E-state index contributed by atoms with van der Waals surface area (Å²) in [5.41, 5.74) is 6.32. The normalized spacial score (nSPS) is 17.7. The fourth-order valence-electron chi connectivity index (χ4n) is 2.42. The van der Waals surface area contributed by atoms with Crippen LogP contribution in [0.25, 0.3) is 0 Å². The van der Waals surface area contributed by atoms with Crippen molar-refractivity contribution < 1.29 is 14.3 Å². The maximum Gasteiger partial charge on any atom is 0.225 e. The van der Waals surface area contributed by atoms with E-state index in [0.29, 0.717) is 24.6 Å². The molecule has 0 saturated carbocycles. The first-order valence-electron chi connectivity index (χ1n) is 7.53. The van der Waals surface area contributed by atoms with E-state index in [1.807, 2.05) is 24.0 Å². The lowest BCUT2D eigenvalue weighted by atomic mass is 10.1. The molecular weight excluding hydrogens is 268 g/mol. The Balaban J connectivity index is 1.72. The molecule has 1 atom stereocenters. The zero-order valence-corrected chi connectivity index (χ0v) is 12.6. The summed E-state index contributed by atoms with van der Waals surface area (Å²) in [6.07, 6.45) is 1.44. The molecule has 1 fully saturated rings. The third-order valence-electron chi connectivity index (χ3n) is 3.70. The highest BCUT2D eigenvalue weighted by Crippen LogP contribution is 2.15. The number of ether oxygens (including phenoxy) is 2. The van der Waals surface area contributed by atoms with E-state index in [2.05, 4.69) is 0 Å². The lowest BCUT2D eigenvalue weighted by molar-refractivity contribution is -0.132. The average Bonchev–Trinajstić information content (AvgIpc) is 2.99. The molecule has 2 N–H and O–H groups in total. The molecule has 116 valence electrons. The van der Waals surface area contributed by atoms with E-state index in [-0.39, 0.29) is 5.91 Å². The van der Waals surface area contributed by atoms with Crippen molar-refractivity contribution >= 4 is 11.6 Å². The van der Waals surface area contributed by atoms with Crippen molar-refractivity contribution in [3.63, 3.8) is 0 Å². The van der Waals surface area contributed by atoms with Gasteiger partial charge < -0.3 is 20.1 Å². The molecule has 1 aliphatic heterocycles. The molecular formula is C16H24N2O3. The predicted molar refractivity (Wildman–Crippen MR) is 82.1 cm³/mol. The minimum absolute atomic E-state index is 0.139. The van der Waals surface area contributed by atoms with Gasteiger partial charge in [-0.05, 0) is 37.6 Å². The van der Waals surface area contributed by atoms with Gasteiger partial charge in [0.15, 0.2) is 0 Å². The molecule has 5 nitrogen and oxygen atoms in total. The first-order valence-corrected chi connectivity index (χ1v) is 7.53. The lowest BCUT2D eigenvalue weighted by Crippen LogP contribution is -2.36. The van der Waals surface area contributed by atoms with E-state index >= 15 is 0 Å². The number of nitrogens with two attached hydrogens (primary N) is 1. The molecule has 0 bridgehead atoms. The van der Waals surface area contributed by atoms with Gasteiger partial charge in [0.1, 0.15) is 5.75 Å². The van der Waals surface area contributed by atoms with Gasteiger partial charge in [-0.15, -0.1) is 0 Å². The maximum absolute atomic E-state index is 12.2. The van der Waals surface area contributed by atoms with Gasteiger partial charge in [0, 0.05) is 31.3 Å². The van der Waals surface area contributed by atoms with Crippen LogP contribution in [-0.2, 0) is 9.53 Å². The summed E-state index contributed by atoms with van der Waals surface area (Å²) in [5, 5.41) is 0. The number of carbonyl (C=O) groups is 1. The minimum Gasteiger partial charge on any atom is -0.493 e. The van der Waals surface area contributed by atoms with E-state index in [0.717, 1.165) is 38.5 Å². The molecule has 1 aromatic carbocycles. The van der Waals surface area contributed by atoms with Crippen molar-refractivity contribution in [2.75, 3.05) is 38.6 Å². The van der Waals surface area contributed by atoms with Crippen molar-refractivity contribution in [2.45, 2.75) is 19.8 Å². The Morgan fingerprint density at radius 3 is 2.81 bits per heavy atom. The molecule has 1 amide bonds. The minimum atomic E-state index is 0.139. The smallest absolute Gasteiger partial charge is 0.225 e. The number of amides is 1. The summed E-state index contributed by atoms with van der Waals surface area (Å²) in [4.78, 5) is 14.1. The maximum atomic E-state index is 12.2. The van der Waals surface area contributed by atoms with Crippen LogP contribution in [0.1, 0.15) is 19.8 Å². The molecule has 1 aromatic rings. The van der Waals surface area contributed by atoms with Crippen LogP contribution in [0, 0.1) is 5.92 Å². The number of nitrogen functional groups attached to an aromatic ring is 1. The van der Waals surface area contributed by atoms with Crippen LogP contribution >= 0.6 is 0 Å². The SMILES string of the molecule is CCN(CC1CCOC1)C(=O)CCOc1ccc(N)cc1. The van der Waals surface area contributed by atoms with Gasteiger partial charge in [-0.25, -0.2) is 0 Å². The second kappa shape index (κ2) is 7.88. The summed E-state index contributed by atoms with van der Waals surface area (Å²) in [7, 11) is 0. The summed E-state index contributed by atoms with van der Waals surface area (Å²) >= 11 is 0. The topological polar surface area (TPSA) is 64.8 Å². The molecule has 1 unspecified atom stereocenters. The molecule has 1 saturated heterocycles. The molecule has 1 heterocycles. The fourth-order valence-corrected chi connectivity index (χ4v) is 2.42. The van der Waals surface area contributed by atoms with Crippen LogP contribution in [-0.4, -0.2) is 43.7 Å². The van der Waals surface area contributed by atoms with E-state index in [1.54, 1.807) is 12.1 Å². The van der Waals surface area contributed by atoms with Gasteiger partial charge >= 0.3 is 0 Å². The molecule has 0 radical (unpaired) electrons. The third kappa shape index (κ3) is 4.93. The van der Waals surface area contributed by atoms with Crippen LogP contribution in [0.2, 0.25) is 0 Å². The van der Waals surface area contributed by atoms with E-state index in [1.165, 1.54) is 0 Å². The highest BCUT2D eigenvalue weighted by atomic mass is 16.5. The Kier molecular flexibility index (Phi) is 5.87. The molecule has 21 heavy (non-hydrogen) atoms.